The second-order valence-electron chi connectivity index (χ2n) is 3.58. The SMILES string of the molecule is O=[N+]([O-])c1cccc(-c2ccnc(C(F)F)c2)c1. The number of benzene rings is 1. The van der Waals surface area contributed by atoms with Gasteiger partial charge >= 0.3 is 0 Å². The van der Waals surface area contributed by atoms with Crippen LogP contribution in [0.5, 0.6) is 0 Å². The number of hydrogen-bond acceptors (Lipinski definition) is 3. The number of halogens is 2. The van der Waals surface area contributed by atoms with Crippen LogP contribution in [-0.4, -0.2) is 9.91 Å². The summed E-state index contributed by atoms with van der Waals surface area (Å²) in [6.07, 6.45) is -1.40. The Morgan fingerprint density at radius 1 is 1.17 bits per heavy atom. The molecule has 0 saturated heterocycles. The van der Waals surface area contributed by atoms with Crippen LogP contribution in [0.15, 0.2) is 42.6 Å². The largest absolute Gasteiger partial charge is 0.280 e. The Hall–Kier alpha value is -2.37. The van der Waals surface area contributed by atoms with Crippen molar-refractivity contribution in [2.45, 2.75) is 6.43 Å². The number of rotatable bonds is 3. The van der Waals surface area contributed by atoms with Gasteiger partial charge in [0.15, 0.2) is 0 Å². The monoisotopic (exact) mass is 250 g/mol. The van der Waals surface area contributed by atoms with Gasteiger partial charge in [0.2, 0.25) is 0 Å². The maximum atomic E-state index is 12.5. The first-order chi connectivity index (χ1) is 8.58. The highest BCUT2D eigenvalue weighted by Gasteiger charge is 2.11. The van der Waals surface area contributed by atoms with Crippen LogP contribution in [0.25, 0.3) is 11.1 Å². The molecule has 0 unspecified atom stereocenters. The van der Waals surface area contributed by atoms with Crippen molar-refractivity contribution < 1.29 is 13.7 Å². The molecule has 0 aliphatic rings. The second kappa shape index (κ2) is 4.87. The van der Waals surface area contributed by atoms with Gasteiger partial charge < -0.3 is 0 Å². The van der Waals surface area contributed by atoms with Gasteiger partial charge in [-0.1, -0.05) is 12.1 Å². The Morgan fingerprint density at radius 3 is 2.56 bits per heavy atom. The third-order valence-corrected chi connectivity index (χ3v) is 2.39. The van der Waals surface area contributed by atoms with E-state index in [0.717, 1.165) is 0 Å². The first-order valence-electron chi connectivity index (χ1n) is 5.07. The summed E-state index contributed by atoms with van der Waals surface area (Å²) in [5, 5.41) is 10.6. The number of nitro benzene ring substituents is 1. The van der Waals surface area contributed by atoms with Crippen molar-refractivity contribution in [3.8, 4) is 11.1 Å². The Bertz CT molecular complexity index is 588. The first kappa shape index (κ1) is 12.1. The second-order valence-corrected chi connectivity index (χ2v) is 3.58. The molecule has 0 N–H and O–H groups in total. The predicted octanol–water partition coefficient (Wildman–Crippen LogP) is 3.59. The molecule has 0 radical (unpaired) electrons. The summed E-state index contributed by atoms with van der Waals surface area (Å²) in [5.74, 6) is 0. The van der Waals surface area contributed by atoms with Gasteiger partial charge in [-0.3, -0.25) is 15.1 Å². The van der Waals surface area contributed by atoms with E-state index in [4.69, 9.17) is 0 Å². The highest BCUT2D eigenvalue weighted by molar-refractivity contribution is 5.66. The molecule has 1 aromatic heterocycles. The highest BCUT2D eigenvalue weighted by atomic mass is 19.3. The zero-order valence-corrected chi connectivity index (χ0v) is 9.09. The van der Waals surface area contributed by atoms with Crippen molar-refractivity contribution in [2.24, 2.45) is 0 Å². The van der Waals surface area contributed by atoms with E-state index in [2.05, 4.69) is 4.98 Å². The lowest BCUT2D eigenvalue weighted by Gasteiger charge is -2.04. The van der Waals surface area contributed by atoms with Crippen LogP contribution in [0, 0.1) is 10.1 Å². The van der Waals surface area contributed by atoms with Crippen molar-refractivity contribution in [1.29, 1.82) is 0 Å². The molecule has 0 aliphatic carbocycles. The molecule has 1 heterocycles. The van der Waals surface area contributed by atoms with Crippen LogP contribution in [0.4, 0.5) is 14.5 Å². The minimum atomic E-state index is -2.66. The van der Waals surface area contributed by atoms with Crippen molar-refractivity contribution in [3.05, 3.63) is 58.4 Å². The summed E-state index contributed by atoms with van der Waals surface area (Å²) in [5.41, 5.74) is 0.555. The fourth-order valence-electron chi connectivity index (χ4n) is 1.55. The van der Waals surface area contributed by atoms with E-state index in [0.29, 0.717) is 11.1 Å². The minimum absolute atomic E-state index is 0.0806. The topological polar surface area (TPSA) is 56.0 Å². The average Bonchev–Trinajstić information content (AvgIpc) is 2.39. The smallest absolute Gasteiger partial charge is 0.258 e. The van der Waals surface area contributed by atoms with Gasteiger partial charge in [0, 0.05) is 18.3 Å². The van der Waals surface area contributed by atoms with Gasteiger partial charge in [-0.15, -0.1) is 0 Å². The van der Waals surface area contributed by atoms with E-state index in [9.17, 15) is 18.9 Å². The van der Waals surface area contributed by atoms with Crippen LogP contribution < -0.4 is 0 Å². The molecular formula is C12H8F2N2O2. The number of aromatic nitrogens is 1. The third kappa shape index (κ3) is 2.48. The molecule has 0 atom stereocenters. The van der Waals surface area contributed by atoms with E-state index in [-0.39, 0.29) is 11.4 Å². The molecule has 0 spiro atoms. The Kier molecular flexibility index (Phi) is 3.27. The van der Waals surface area contributed by atoms with Crippen LogP contribution in [-0.2, 0) is 0 Å². The van der Waals surface area contributed by atoms with Gasteiger partial charge in [-0.05, 0) is 23.3 Å². The molecule has 0 aliphatic heterocycles. The molecule has 0 saturated carbocycles. The molecular weight excluding hydrogens is 242 g/mol. The third-order valence-electron chi connectivity index (χ3n) is 2.39. The highest BCUT2D eigenvalue weighted by Crippen LogP contribution is 2.26. The summed E-state index contributed by atoms with van der Waals surface area (Å²) in [4.78, 5) is 13.6. The quantitative estimate of drug-likeness (QED) is 0.617. The number of hydrogen-bond donors (Lipinski definition) is 0. The predicted molar refractivity (Wildman–Crippen MR) is 61.3 cm³/mol. The standard InChI is InChI=1S/C12H8F2N2O2/c13-12(14)11-7-9(4-5-15-11)8-2-1-3-10(6-8)16(17)18/h1-7,12H. The minimum Gasteiger partial charge on any atom is -0.258 e. The molecule has 1 aromatic carbocycles. The molecule has 4 nitrogen and oxygen atoms in total. The summed E-state index contributed by atoms with van der Waals surface area (Å²) in [6, 6.07) is 8.57. The molecule has 6 heteroatoms. The fraction of sp³-hybridized carbons (Fsp3) is 0.0833. The van der Waals surface area contributed by atoms with Crippen LogP contribution in [0.2, 0.25) is 0 Å². The lowest BCUT2D eigenvalue weighted by Crippen LogP contribution is -1.91. The molecule has 0 fully saturated rings. The van der Waals surface area contributed by atoms with Crippen LogP contribution in [0.1, 0.15) is 12.1 Å². The van der Waals surface area contributed by atoms with Crippen molar-refractivity contribution in [2.75, 3.05) is 0 Å². The van der Waals surface area contributed by atoms with Crippen LogP contribution in [0.3, 0.4) is 0 Å². The summed E-state index contributed by atoms with van der Waals surface area (Å²) >= 11 is 0. The van der Waals surface area contributed by atoms with Gasteiger partial charge in [0.1, 0.15) is 5.69 Å². The molecule has 2 aromatic rings. The Morgan fingerprint density at radius 2 is 1.89 bits per heavy atom. The number of pyridine rings is 1. The van der Waals surface area contributed by atoms with Crippen LogP contribution >= 0.6 is 0 Å². The number of alkyl halides is 2. The summed E-state index contributed by atoms with van der Waals surface area (Å²) in [6.45, 7) is 0. The lowest BCUT2D eigenvalue weighted by atomic mass is 10.1. The molecule has 0 amide bonds. The maximum Gasteiger partial charge on any atom is 0.280 e. The van der Waals surface area contributed by atoms with Gasteiger partial charge in [-0.25, -0.2) is 8.78 Å². The Balaban J connectivity index is 2.45. The number of nitrogens with zero attached hydrogens (tertiary/aromatic N) is 2. The first-order valence-corrected chi connectivity index (χ1v) is 5.07. The van der Waals surface area contributed by atoms with Gasteiger partial charge in [0.05, 0.1) is 4.92 Å². The van der Waals surface area contributed by atoms with Crippen molar-refractivity contribution in [3.63, 3.8) is 0 Å². The van der Waals surface area contributed by atoms with E-state index in [1.54, 1.807) is 6.07 Å². The van der Waals surface area contributed by atoms with Gasteiger partial charge in [0.25, 0.3) is 12.1 Å². The molecule has 2 rings (SSSR count). The Labute approximate surface area is 101 Å². The number of non-ortho nitro benzene ring substituents is 1. The zero-order chi connectivity index (χ0) is 13.1. The van der Waals surface area contributed by atoms with E-state index in [1.165, 1.54) is 36.5 Å². The van der Waals surface area contributed by atoms with Crippen molar-refractivity contribution >= 4 is 5.69 Å². The normalized spacial score (nSPS) is 10.6. The summed E-state index contributed by atoms with van der Waals surface area (Å²) in [7, 11) is 0. The van der Waals surface area contributed by atoms with E-state index >= 15 is 0 Å². The average molecular weight is 250 g/mol. The maximum absolute atomic E-state index is 12.5. The molecule has 92 valence electrons. The fourth-order valence-corrected chi connectivity index (χ4v) is 1.55. The number of nitro groups is 1. The molecule has 0 bridgehead atoms. The van der Waals surface area contributed by atoms with E-state index < -0.39 is 11.3 Å². The van der Waals surface area contributed by atoms with Crippen molar-refractivity contribution in [1.82, 2.24) is 4.98 Å². The summed E-state index contributed by atoms with van der Waals surface area (Å²) < 4.78 is 25.0. The molecule has 18 heavy (non-hydrogen) atoms. The lowest BCUT2D eigenvalue weighted by molar-refractivity contribution is -0.384. The van der Waals surface area contributed by atoms with Gasteiger partial charge in [-0.2, -0.15) is 0 Å². The van der Waals surface area contributed by atoms with E-state index in [1.807, 2.05) is 0 Å². The zero-order valence-electron chi connectivity index (χ0n) is 9.09.